The SMILES string of the molecule is CCOC(=O)N1CCN(C(=O)c2cnc(Nc3ccc(C)c(C)c3)cn2)CC1. The predicted octanol–water partition coefficient (Wildman–Crippen LogP) is 2.75. The number of aromatic nitrogens is 2. The zero-order chi connectivity index (χ0) is 20.1. The van der Waals surface area contributed by atoms with Crippen LogP contribution in [-0.2, 0) is 4.74 Å². The molecule has 0 bridgehead atoms. The molecule has 1 fully saturated rings. The van der Waals surface area contributed by atoms with Crippen molar-refractivity contribution in [2.75, 3.05) is 38.1 Å². The van der Waals surface area contributed by atoms with Gasteiger partial charge in [-0.1, -0.05) is 6.07 Å². The first kappa shape index (κ1) is 19.6. The van der Waals surface area contributed by atoms with Crippen LogP contribution < -0.4 is 5.32 Å². The Morgan fingerprint density at radius 3 is 2.36 bits per heavy atom. The molecule has 8 heteroatoms. The van der Waals surface area contributed by atoms with E-state index in [4.69, 9.17) is 4.74 Å². The Bertz CT molecular complexity index is 845. The summed E-state index contributed by atoms with van der Waals surface area (Å²) >= 11 is 0. The minimum absolute atomic E-state index is 0.186. The molecule has 2 amide bonds. The van der Waals surface area contributed by atoms with E-state index in [1.54, 1.807) is 22.9 Å². The van der Waals surface area contributed by atoms with Gasteiger partial charge in [0.2, 0.25) is 0 Å². The Labute approximate surface area is 164 Å². The van der Waals surface area contributed by atoms with E-state index in [9.17, 15) is 9.59 Å². The number of piperazine rings is 1. The van der Waals surface area contributed by atoms with Crippen molar-refractivity contribution in [3.05, 3.63) is 47.4 Å². The highest BCUT2D eigenvalue weighted by Crippen LogP contribution is 2.18. The highest BCUT2D eigenvalue weighted by atomic mass is 16.6. The second-order valence-corrected chi connectivity index (χ2v) is 6.69. The molecule has 2 heterocycles. The van der Waals surface area contributed by atoms with Gasteiger partial charge >= 0.3 is 6.09 Å². The summed E-state index contributed by atoms with van der Waals surface area (Å²) in [6.45, 7) is 8.02. The van der Waals surface area contributed by atoms with Crippen molar-refractivity contribution >= 4 is 23.5 Å². The summed E-state index contributed by atoms with van der Waals surface area (Å²) in [6, 6.07) is 6.06. The molecule has 0 atom stereocenters. The van der Waals surface area contributed by atoms with E-state index in [-0.39, 0.29) is 17.7 Å². The summed E-state index contributed by atoms with van der Waals surface area (Å²) in [5.74, 6) is 0.390. The van der Waals surface area contributed by atoms with Crippen molar-refractivity contribution in [2.24, 2.45) is 0 Å². The average Bonchev–Trinajstić information content (AvgIpc) is 2.71. The van der Waals surface area contributed by atoms with Gasteiger partial charge in [-0.3, -0.25) is 4.79 Å². The monoisotopic (exact) mass is 383 g/mol. The van der Waals surface area contributed by atoms with Gasteiger partial charge in [0.25, 0.3) is 5.91 Å². The molecule has 0 saturated carbocycles. The molecule has 1 saturated heterocycles. The molecule has 0 unspecified atom stereocenters. The van der Waals surface area contributed by atoms with Crippen LogP contribution in [0, 0.1) is 13.8 Å². The van der Waals surface area contributed by atoms with Crippen molar-refractivity contribution in [2.45, 2.75) is 20.8 Å². The van der Waals surface area contributed by atoms with E-state index >= 15 is 0 Å². The van der Waals surface area contributed by atoms with Crippen LogP contribution >= 0.6 is 0 Å². The Morgan fingerprint density at radius 2 is 1.75 bits per heavy atom. The van der Waals surface area contributed by atoms with Crippen LogP contribution in [0.1, 0.15) is 28.5 Å². The molecule has 3 rings (SSSR count). The van der Waals surface area contributed by atoms with Gasteiger partial charge in [0.05, 0.1) is 19.0 Å². The lowest BCUT2D eigenvalue weighted by atomic mass is 10.1. The van der Waals surface area contributed by atoms with Gasteiger partial charge in [-0.2, -0.15) is 0 Å². The van der Waals surface area contributed by atoms with Crippen molar-refractivity contribution in [3.8, 4) is 0 Å². The quantitative estimate of drug-likeness (QED) is 0.873. The maximum Gasteiger partial charge on any atom is 0.409 e. The number of benzene rings is 1. The molecule has 0 radical (unpaired) electrons. The molecule has 8 nitrogen and oxygen atoms in total. The van der Waals surface area contributed by atoms with Gasteiger partial charge in [-0.15, -0.1) is 0 Å². The smallest absolute Gasteiger partial charge is 0.409 e. The summed E-state index contributed by atoms with van der Waals surface area (Å²) in [5.41, 5.74) is 3.62. The molecule has 28 heavy (non-hydrogen) atoms. The Kier molecular flexibility index (Phi) is 6.08. The molecule has 1 aliphatic rings. The number of aryl methyl sites for hydroxylation is 2. The highest BCUT2D eigenvalue weighted by Gasteiger charge is 2.26. The fourth-order valence-corrected chi connectivity index (χ4v) is 2.94. The van der Waals surface area contributed by atoms with E-state index in [0.717, 1.165) is 5.69 Å². The third-order valence-corrected chi connectivity index (χ3v) is 4.74. The summed E-state index contributed by atoms with van der Waals surface area (Å²) in [4.78, 5) is 36.2. The number of rotatable bonds is 4. The minimum atomic E-state index is -0.337. The van der Waals surface area contributed by atoms with Gasteiger partial charge in [0.1, 0.15) is 11.5 Å². The van der Waals surface area contributed by atoms with Gasteiger partial charge < -0.3 is 19.9 Å². The van der Waals surface area contributed by atoms with Crippen LogP contribution in [0.15, 0.2) is 30.6 Å². The van der Waals surface area contributed by atoms with E-state index in [0.29, 0.717) is 38.6 Å². The first-order valence-electron chi connectivity index (χ1n) is 9.35. The number of nitrogens with one attached hydrogen (secondary N) is 1. The second-order valence-electron chi connectivity index (χ2n) is 6.69. The van der Waals surface area contributed by atoms with E-state index < -0.39 is 0 Å². The zero-order valence-corrected chi connectivity index (χ0v) is 16.4. The number of hydrogen-bond acceptors (Lipinski definition) is 6. The number of amides is 2. The molecule has 1 aromatic heterocycles. The van der Waals surface area contributed by atoms with Crippen molar-refractivity contribution in [1.82, 2.24) is 19.8 Å². The molecule has 148 valence electrons. The number of carbonyl (C=O) groups is 2. The number of carbonyl (C=O) groups excluding carboxylic acids is 2. The molecule has 0 spiro atoms. The van der Waals surface area contributed by atoms with Crippen LogP contribution in [0.2, 0.25) is 0 Å². The predicted molar refractivity (Wildman–Crippen MR) is 106 cm³/mol. The standard InChI is InChI=1S/C20H25N5O3/c1-4-28-20(27)25-9-7-24(8-10-25)19(26)17-12-22-18(13-21-17)23-16-6-5-14(2)15(3)11-16/h5-6,11-13H,4,7-10H2,1-3H3,(H,22,23). The molecule has 1 aliphatic heterocycles. The Hall–Kier alpha value is -3.16. The van der Waals surface area contributed by atoms with Gasteiger partial charge in [0, 0.05) is 31.9 Å². The van der Waals surface area contributed by atoms with Crippen LogP contribution in [0.3, 0.4) is 0 Å². The molecule has 2 aromatic rings. The average molecular weight is 383 g/mol. The first-order valence-corrected chi connectivity index (χ1v) is 9.35. The molecular weight excluding hydrogens is 358 g/mol. The number of anilines is 2. The van der Waals surface area contributed by atoms with E-state index in [1.165, 1.54) is 17.3 Å². The summed E-state index contributed by atoms with van der Waals surface area (Å²) in [7, 11) is 0. The zero-order valence-electron chi connectivity index (χ0n) is 16.4. The first-order chi connectivity index (χ1) is 13.5. The van der Waals surface area contributed by atoms with Crippen molar-refractivity contribution in [3.63, 3.8) is 0 Å². The third kappa shape index (κ3) is 4.57. The fourth-order valence-electron chi connectivity index (χ4n) is 2.94. The maximum atomic E-state index is 12.6. The largest absolute Gasteiger partial charge is 0.450 e. The Balaban J connectivity index is 1.58. The number of nitrogens with zero attached hydrogens (tertiary/aromatic N) is 4. The normalized spacial score (nSPS) is 14.0. The highest BCUT2D eigenvalue weighted by molar-refractivity contribution is 5.92. The van der Waals surface area contributed by atoms with Gasteiger partial charge in [0.15, 0.2) is 0 Å². The summed E-state index contributed by atoms with van der Waals surface area (Å²) < 4.78 is 4.99. The molecule has 0 aliphatic carbocycles. The van der Waals surface area contributed by atoms with Gasteiger partial charge in [-0.25, -0.2) is 14.8 Å². The number of ether oxygens (including phenoxy) is 1. The van der Waals surface area contributed by atoms with Crippen molar-refractivity contribution in [1.29, 1.82) is 0 Å². The van der Waals surface area contributed by atoms with Crippen LogP contribution in [0.5, 0.6) is 0 Å². The van der Waals surface area contributed by atoms with Crippen LogP contribution in [0.4, 0.5) is 16.3 Å². The Morgan fingerprint density at radius 1 is 1.04 bits per heavy atom. The summed E-state index contributed by atoms with van der Waals surface area (Å²) in [5, 5.41) is 3.19. The molecule has 1 N–H and O–H groups in total. The lowest BCUT2D eigenvalue weighted by Crippen LogP contribution is -2.50. The minimum Gasteiger partial charge on any atom is -0.450 e. The summed E-state index contributed by atoms with van der Waals surface area (Å²) in [6.07, 6.45) is 2.69. The molecular formula is C20H25N5O3. The topological polar surface area (TPSA) is 87.7 Å². The maximum absolute atomic E-state index is 12.6. The van der Waals surface area contributed by atoms with Crippen LogP contribution in [0.25, 0.3) is 0 Å². The van der Waals surface area contributed by atoms with Crippen molar-refractivity contribution < 1.29 is 14.3 Å². The van der Waals surface area contributed by atoms with Crippen LogP contribution in [-0.4, -0.2) is 64.6 Å². The second kappa shape index (κ2) is 8.69. The lowest BCUT2D eigenvalue weighted by molar-refractivity contribution is 0.0565. The number of hydrogen-bond donors (Lipinski definition) is 1. The fraction of sp³-hybridized carbons (Fsp3) is 0.400. The third-order valence-electron chi connectivity index (χ3n) is 4.74. The molecule has 1 aromatic carbocycles. The lowest BCUT2D eigenvalue weighted by Gasteiger charge is -2.33. The van der Waals surface area contributed by atoms with E-state index in [2.05, 4.69) is 29.1 Å². The van der Waals surface area contributed by atoms with E-state index in [1.807, 2.05) is 18.2 Å². The van der Waals surface area contributed by atoms with Gasteiger partial charge in [-0.05, 0) is 44.0 Å².